The van der Waals surface area contributed by atoms with Gasteiger partial charge in [0.25, 0.3) is 5.91 Å². The van der Waals surface area contributed by atoms with Crippen LogP contribution in [0.15, 0.2) is 18.2 Å². The minimum absolute atomic E-state index is 0.0245. The van der Waals surface area contributed by atoms with Gasteiger partial charge in [-0.25, -0.2) is 0 Å². The number of phenols is 1. The summed E-state index contributed by atoms with van der Waals surface area (Å²) < 4.78 is 0. The lowest BCUT2D eigenvalue weighted by atomic mass is 10.1. The number of phenolic OH excluding ortho intramolecular Hbond substituents is 1. The van der Waals surface area contributed by atoms with Crippen LogP contribution in [0.2, 0.25) is 0 Å². The lowest BCUT2D eigenvalue weighted by molar-refractivity contribution is 0.0601. The second-order valence-electron chi connectivity index (χ2n) is 5.40. The number of aryl methyl sites for hydroxylation is 1. The molecule has 0 bridgehead atoms. The topological polar surface area (TPSA) is 67.6 Å². The van der Waals surface area contributed by atoms with E-state index in [1.165, 1.54) is 0 Å². The molecule has 1 aliphatic rings. The second-order valence-corrected chi connectivity index (χ2v) is 5.40. The lowest BCUT2D eigenvalue weighted by Crippen LogP contribution is -2.51. The summed E-state index contributed by atoms with van der Waals surface area (Å²) in [6.45, 7) is 6.46. The largest absolute Gasteiger partial charge is 0.507 e. The molecule has 1 atom stereocenters. The molecule has 1 unspecified atom stereocenters. The molecule has 2 rings (SSSR count). The normalized spacial score (nSPS) is 17.3. The average Bonchev–Trinajstić information content (AvgIpc) is 2.51. The molecule has 1 N–H and O–H groups in total. The van der Waals surface area contributed by atoms with Gasteiger partial charge in [0.15, 0.2) is 0 Å². The maximum atomic E-state index is 12.5. The fraction of sp³-hybridized carbons (Fsp3) is 0.500. The van der Waals surface area contributed by atoms with Crippen molar-refractivity contribution >= 4 is 5.91 Å². The number of nitrogens with zero attached hydrogens (tertiary/aromatic N) is 3. The number of nitriles is 1. The summed E-state index contributed by atoms with van der Waals surface area (Å²) >= 11 is 0. The molecule has 1 saturated heterocycles. The van der Waals surface area contributed by atoms with Gasteiger partial charge in [-0.3, -0.25) is 9.69 Å². The van der Waals surface area contributed by atoms with Crippen LogP contribution in [0.5, 0.6) is 5.75 Å². The summed E-state index contributed by atoms with van der Waals surface area (Å²) in [4.78, 5) is 16.3. The molecule has 1 heterocycles. The van der Waals surface area contributed by atoms with E-state index in [1.54, 1.807) is 23.1 Å². The predicted octanol–water partition coefficient (Wildman–Crippen LogP) is 1.76. The summed E-state index contributed by atoms with van der Waals surface area (Å²) in [6.07, 6.45) is 0.795. The van der Waals surface area contributed by atoms with Crippen LogP contribution >= 0.6 is 0 Å². The maximum absolute atomic E-state index is 12.5. The van der Waals surface area contributed by atoms with E-state index in [-0.39, 0.29) is 17.7 Å². The number of hydrogen-bond donors (Lipinski definition) is 1. The van der Waals surface area contributed by atoms with Gasteiger partial charge in [0.1, 0.15) is 5.75 Å². The first kappa shape index (κ1) is 15.3. The summed E-state index contributed by atoms with van der Waals surface area (Å²) in [6, 6.07) is 7.28. The number of benzene rings is 1. The van der Waals surface area contributed by atoms with Gasteiger partial charge in [0.2, 0.25) is 0 Å². The molecule has 1 fully saturated rings. The number of carbonyl (C=O) groups excluding carboxylic acids is 1. The lowest BCUT2D eigenvalue weighted by Gasteiger charge is -2.36. The minimum atomic E-state index is -0.138. The zero-order chi connectivity index (χ0) is 15.4. The van der Waals surface area contributed by atoms with E-state index in [9.17, 15) is 9.90 Å². The van der Waals surface area contributed by atoms with Gasteiger partial charge in [-0.1, -0.05) is 18.6 Å². The Labute approximate surface area is 125 Å². The Hall–Kier alpha value is -2.06. The minimum Gasteiger partial charge on any atom is -0.507 e. The van der Waals surface area contributed by atoms with E-state index < -0.39 is 0 Å². The van der Waals surface area contributed by atoms with Crippen LogP contribution in [-0.2, 0) is 0 Å². The third-order valence-corrected chi connectivity index (χ3v) is 3.96. The molecule has 112 valence electrons. The standard InChI is InChI=1S/C16H21N3O2/c1-3-13(11-17)18-6-8-19(9-7-18)16(21)14-10-12(2)4-5-15(14)20/h4-5,10,13,20H,3,6-9H2,1-2H3. The number of hydrogen-bond acceptors (Lipinski definition) is 4. The fourth-order valence-electron chi connectivity index (χ4n) is 2.66. The third-order valence-electron chi connectivity index (χ3n) is 3.96. The van der Waals surface area contributed by atoms with Crippen molar-refractivity contribution in [1.82, 2.24) is 9.80 Å². The van der Waals surface area contributed by atoms with Crippen LogP contribution in [0.1, 0.15) is 29.3 Å². The highest BCUT2D eigenvalue weighted by atomic mass is 16.3. The monoisotopic (exact) mass is 287 g/mol. The van der Waals surface area contributed by atoms with Crippen molar-refractivity contribution in [3.63, 3.8) is 0 Å². The molecule has 0 saturated carbocycles. The van der Waals surface area contributed by atoms with Crippen LogP contribution < -0.4 is 0 Å². The molecule has 0 spiro atoms. The van der Waals surface area contributed by atoms with Crippen LogP contribution in [0.25, 0.3) is 0 Å². The highest BCUT2D eigenvalue weighted by Gasteiger charge is 2.26. The number of piperazine rings is 1. The third kappa shape index (κ3) is 3.34. The van der Waals surface area contributed by atoms with Gasteiger partial charge in [-0.15, -0.1) is 0 Å². The molecule has 21 heavy (non-hydrogen) atoms. The smallest absolute Gasteiger partial charge is 0.257 e. The van der Waals surface area contributed by atoms with Crippen LogP contribution in [0.4, 0.5) is 0 Å². The van der Waals surface area contributed by atoms with Gasteiger partial charge in [-0.05, 0) is 25.5 Å². The maximum Gasteiger partial charge on any atom is 0.257 e. The highest BCUT2D eigenvalue weighted by molar-refractivity contribution is 5.97. The molecule has 5 heteroatoms. The molecule has 5 nitrogen and oxygen atoms in total. The van der Waals surface area contributed by atoms with E-state index in [2.05, 4.69) is 11.0 Å². The highest BCUT2D eigenvalue weighted by Crippen LogP contribution is 2.21. The number of carbonyl (C=O) groups is 1. The summed E-state index contributed by atoms with van der Waals surface area (Å²) in [5.41, 5.74) is 1.31. The predicted molar refractivity (Wildman–Crippen MR) is 80.0 cm³/mol. The number of rotatable bonds is 3. The molecule has 0 aliphatic carbocycles. The van der Waals surface area contributed by atoms with E-state index in [0.717, 1.165) is 12.0 Å². The van der Waals surface area contributed by atoms with Crippen LogP contribution in [0, 0.1) is 18.3 Å². The Bertz CT molecular complexity index is 557. The zero-order valence-electron chi connectivity index (χ0n) is 12.5. The zero-order valence-corrected chi connectivity index (χ0v) is 12.5. The van der Waals surface area contributed by atoms with Crippen molar-refractivity contribution in [2.45, 2.75) is 26.3 Å². The first-order chi connectivity index (χ1) is 10.1. The van der Waals surface area contributed by atoms with E-state index >= 15 is 0 Å². The van der Waals surface area contributed by atoms with Gasteiger partial charge in [-0.2, -0.15) is 5.26 Å². The number of aromatic hydroxyl groups is 1. The summed E-state index contributed by atoms with van der Waals surface area (Å²) in [5.74, 6) is -0.114. The molecule has 1 amide bonds. The molecule has 0 radical (unpaired) electrons. The van der Waals surface area contributed by atoms with E-state index in [1.807, 2.05) is 13.8 Å². The van der Waals surface area contributed by atoms with Gasteiger partial charge in [0.05, 0.1) is 17.7 Å². The molecule has 1 aliphatic heterocycles. The Morgan fingerprint density at radius 3 is 2.62 bits per heavy atom. The van der Waals surface area contributed by atoms with Crippen molar-refractivity contribution in [2.75, 3.05) is 26.2 Å². The molecule has 1 aromatic carbocycles. The van der Waals surface area contributed by atoms with Crippen molar-refractivity contribution in [3.8, 4) is 11.8 Å². The Morgan fingerprint density at radius 2 is 2.05 bits per heavy atom. The van der Waals surface area contributed by atoms with Crippen LogP contribution in [-0.4, -0.2) is 53.0 Å². The Balaban J connectivity index is 2.04. The molecular formula is C16H21N3O2. The van der Waals surface area contributed by atoms with Crippen LogP contribution in [0.3, 0.4) is 0 Å². The molecule has 0 aromatic heterocycles. The second kappa shape index (κ2) is 6.59. The first-order valence-corrected chi connectivity index (χ1v) is 7.29. The Morgan fingerprint density at radius 1 is 1.38 bits per heavy atom. The molecule has 1 aromatic rings. The van der Waals surface area contributed by atoms with Crippen molar-refractivity contribution < 1.29 is 9.90 Å². The van der Waals surface area contributed by atoms with Crippen molar-refractivity contribution in [1.29, 1.82) is 5.26 Å². The molecular weight excluding hydrogens is 266 g/mol. The van der Waals surface area contributed by atoms with E-state index in [0.29, 0.717) is 31.7 Å². The Kier molecular flexibility index (Phi) is 4.81. The quantitative estimate of drug-likeness (QED) is 0.920. The summed E-state index contributed by atoms with van der Waals surface area (Å²) in [7, 11) is 0. The van der Waals surface area contributed by atoms with Gasteiger partial charge in [0, 0.05) is 26.2 Å². The fourth-order valence-corrected chi connectivity index (χ4v) is 2.66. The van der Waals surface area contributed by atoms with Crippen molar-refractivity contribution in [3.05, 3.63) is 29.3 Å². The summed E-state index contributed by atoms with van der Waals surface area (Å²) in [5, 5.41) is 18.9. The first-order valence-electron chi connectivity index (χ1n) is 7.29. The van der Waals surface area contributed by atoms with Gasteiger partial charge < -0.3 is 10.0 Å². The number of amides is 1. The van der Waals surface area contributed by atoms with E-state index in [4.69, 9.17) is 5.26 Å². The van der Waals surface area contributed by atoms with Gasteiger partial charge >= 0.3 is 0 Å². The average molecular weight is 287 g/mol. The SMILES string of the molecule is CCC(C#N)N1CCN(C(=O)c2cc(C)ccc2O)CC1. The van der Waals surface area contributed by atoms with Crippen molar-refractivity contribution in [2.24, 2.45) is 0 Å².